The van der Waals surface area contributed by atoms with Crippen LogP contribution < -0.4 is 0 Å². The van der Waals surface area contributed by atoms with Gasteiger partial charge in [0.05, 0.1) is 0 Å². The molecular formula is C11H10BrN3S. The van der Waals surface area contributed by atoms with Crippen LogP contribution in [-0.4, -0.2) is 15.0 Å². The van der Waals surface area contributed by atoms with Crippen molar-refractivity contribution < 1.29 is 0 Å². The molecule has 82 valence electrons. The second-order valence-corrected chi connectivity index (χ2v) is 4.80. The molecule has 0 aromatic carbocycles. The lowest BCUT2D eigenvalue weighted by atomic mass is 10.2. The van der Waals surface area contributed by atoms with Crippen LogP contribution in [0.3, 0.4) is 0 Å². The van der Waals surface area contributed by atoms with Gasteiger partial charge in [-0.25, -0.2) is 4.98 Å². The Kier molecular flexibility index (Phi) is 3.16. The monoisotopic (exact) mass is 295 g/mol. The van der Waals surface area contributed by atoms with Gasteiger partial charge in [-0.2, -0.15) is 0 Å². The summed E-state index contributed by atoms with van der Waals surface area (Å²) >= 11 is 8.53. The number of nitrogens with zero attached hydrogens (tertiary/aromatic N) is 2. The molecule has 2 aromatic heterocycles. The average molecular weight is 296 g/mol. The largest absolute Gasteiger partial charge is 0.342 e. The minimum Gasteiger partial charge on any atom is -0.342 e. The van der Waals surface area contributed by atoms with E-state index in [9.17, 15) is 0 Å². The van der Waals surface area contributed by atoms with Gasteiger partial charge in [-0.05, 0) is 41.9 Å². The van der Waals surface area contributed by atoms with E-state index in [1.54, 1.807) is 6.20 Å². The van der Waals surface area contributed by atoms with E-state index in [1.165, 1.54) is 0 Å². The fourth-order valence-electron chi connectivity index (χ4n) is 1.28. The van der Waals surface area contributed by atoms with Gasteiger partial charge in [-0.3, -0.25) is 4.98 Å². The number of halogens is 1. The predicted octanol–water partition coefficient (Wildman–Crippen LogP) is 3.58. The highest BCUT2D eigenvalue weighted by molar-refractivity contribution is 9.10. The standard InChI is InChI=1S/C11H10BrN3S/c1-6-7(2)14-10(15-11(6)16)9-4-3-8(12)5-13-9/h3-5H,1-2H3,(H,14,15,16). The first-order valence-corrected chi connectivity index (χ1v) is 5.97. The van der Waals surface area contributed by atoms with E-state index in [2.05, 4.69) is 30.9 Å². The first-order chi connectivity index (χ1) is 7.58. The van der Waals surface area contributed by atoms with Crippen molar-refractivity contribution in [2.75, 3.05) is 0 Å². The number of pyridine rings is 1. The first-order valence-electron chi connectivity index (χ1n) is 4.77. The van der Waals surface area contributed by atoms with Crippen molar-refractivity contribution in [2.24, 2.45) is 0 Å². The normalized spacial score (nSPS) is 10.4. The fourth-order valence-corrected chi connectivity index (χ4v) is 1.76. The van der Waals surface area contributed by atoms with Crippen LogP contribution >= 0.6 is 28.1 Å². The molecule has 2 heterocycles. The molecule has 0 radical (unpaired) electrons. The number of aryl methyl sites for hydroxylation is 1. The quantitative estimate of drug-likeness (QED) is 0.818. The molecule has 0 aliphatic carbocycles. The smallest absolute Gasteiger partial charge is 0.157 e. The molecule has 0 unspecified atom stereocenters. The highest BCUT2D eigenvalue weighted by Gasteiger charge is 2.04. The Morgan fingerprint density at radius 2 is 2.06 bits per heavy atom. The van der Waals surface area contributed by atoms with Crippen molar-refractivity contribution in [3.63, 3.8) is 0 Å². The topological polar surface area (TPSA) is 41.6 Å². The van der Waals surface area contributed by atoms with E-state index >= 15 is 0 Å². The number of nitrogens with one attached hydrogen (secondary N) is 1. The minimum absolute atomic E-state index is 0.621. The SMILES string of the molecule is Cc1[nH]c(-c2ccc(Br)cn2)nc(=S)c1C. The predicted molar refractivity (Wildman–Crippen MR) is 69.8 cm³/mol. The van der Waals surface area contributed by atoms with E-state index in [1.807, 2.05) is 26.0 Å². The third kappa shape index (κ3) is 2.20. The molecular weight excluding hydrogens is 286 g/mol. The molecule has 2 aromatic rings. The van der Waals surface area contributed by atoms with Gasteiger partial charge in [0.25, 0.3) is 0 Å². The number of H-pyrrole nitrogens is 1. The second kappa shape index (κ2) is 4.43. The number of hydrogen-bond donors (Lipinski definition) is 1. The van der Waals surface area contributed by atoms with Crippen molar-refractivity contribution in [2.45, 2.75) is 13.8 Å². The van der Waals surface area contributed by atoms with Crippen molar-refractivity contribution in [3.05, 3.63) is 38.7 Å². The van der Waals surface area contributed by atoms with Gasteiger partial charge in [0.15, 0.2) is 5.82 Å². The van der Waals surface area contributed by atoms with Crippen molar-refractivity contribution in [3.8, 4) is 11.5 Å². The third-order valence-corrected chi connectivity index (χ3v) is 3.24. The summed E-state index contributed by atoms with van der Waals surface area (Å²) in [6, 6.07) is 3.82. The van der Waals surface area contributed by atoms with Crippen LogP contribution in [0, 0.1) is 18.5 Å². The highest BCUT2D eigenvalue weighted by atomic mass is 79.9. The average Bonchev–Trinajstić information content (AvgIpc) is 2.26. The molecule has 1 N–H and O–H groups in total. The summed E-state index contributed by atoms with van der Waals surface area (Å²) in [6.45, 7) is 3.94. The summed E-state index contributed by atoms with van der Waals surface area (Å²) in [5, 5.41) is 0. The molecule has 0 bridgehead atoms. The number of aromatic nitrogens is 3. The molecule has 0 aliphatic rings. The Morgan fingerprint density at radius 1 is 1.31 bits per heavy atom. The van der Waals surface area contributed by atoms with E-state index in [4.69, 9.17) is 12.2 Å². The van der Waals surface area contributed by atoms with Crippen molar-refractivity contribution in [1.29, 1.82) is 0 Å². The first kappa shape index (κ1) is 11.4. The van der Waals surface area contributed by atoms with Gasteiger partial charge in [0.1, 0.15) is 10.3 Å². The Bertz CT molecular complexity index is 575. The van der Waals surface area contributed by atoms with E-state index in [0.29, 0.717) is 10.5 Å². The summed E-state index contributed by atoms with van der Waals surface area (Å²) < 4.78 is 1.56. The molecule has 0 amide bonds. The van der Waals surface area contributed by atoms with Gasteiger partial charge < -0.3 is 4.98 Å². The van der Waals surface area contributed by atoms with Gasteiger partial charge in [-0.15, -0.1) is 0 Å². The van der Waals surface area contributed by atoms with E-state index < -0.39 is 0 Å². The van der Waals surface area contributed by atoms with Crippen LogP contribution in [0.1, 0.15) is 11.3 Å². The zero-order valence-corrected chi connectivity index (χ0v) is 11.3. The Hall–Kier alpha value is -1.07. The maximum absolute atomic E-state index is 5.19. The second-order valence-electron chi connectivity index (χ2n) is 3.50. The third-order valence-electron chi connectivity index (χ3n) is 2.37. The van der Waals surface area contributed by atoms with E-state index in [0.717, 1.165) is 21.4 Å². The van der Waals surface area contributed by atoms with E-state index in [-0.39, 0.29) is 0 Å². The Balaban J connectivity index is 2.57. The maximum atomic E-state index is 5.19. The molecule has 0 aliphatic heterocycles. The van der Waals surface area contributed by atoms with Gasteiger partial charge in [0.2, 0.25) is 0 Å². The summed E-state index contributed by atoms with van der Waals surface area (Å²) in [5.74, 6) is 0.709. The minimum atomic E-state index is 0.621. The summed E-state index contributed by atoms with van der Waals surface area (Å²) in [4.78, 5) is 11.8. The molecule has 3 nitrogen and oxygen atoms in total. The zero-order chi connectivity index (χ0) is 11.7. The Morgan fingerprint density at radius 3 is 2.62 bits per heavy atom. The summed E-state index contributed by atoms with van der Waals surface area (Å²) in [7, 11) is 0. The maximum Gasteiger partial charge on any atom is 0.157 e. The summed E-state index contributed by atoms with van der Waals surface area (Å²) in [5.41, 5.74) is 2.83. The molecule has 0 spiro atoms. The molecule has 5 heteroatoms. The van der Waals surface area contributed by atoms with Gasteiger partial charge in [-0.1, -0.05) is 12.2 Å². The fraction of sp³-hybridized carbons (Fsp3) is 0.182. The molecule has 16 heavy (non-hydrogen) atoms. The molecule has 0 atom stereocenters. The molecule has 0 saturated heterocycles. The lowest BCUT2D eigenvalue weighted by molar-refractivity contribution is 1.04. The van der Waals surface area contributed by atoms with Crippen molar-refractivity contribution in [1.82, 2.24) is 15.0 Å². The lowest BCUT2D eigenvalue weighted by Gasteiger charge is -2.05. The Labute approximate surface area is 107 Å². The summed E-state index contributed by atoms with van der Waals surface area (Å²) in [6.07, 6.45) is 1.74. The van der Waals surface area contributed by atoms with Crippen LogP contribution in [0.2, 0.25) is 0 Å². The van der Waals surface area contributed by atoms with Crippen LogP contribution in [0.25, 0.3) is 11.5 Å². The number of hydrogen-bond acceptors (Lipinski definition) is 3. The van der Waals surface area contributed by atoms with Gasteiger partial charge >= 0.3 is 0 Å². The molecule has 0 fully saturated rings. The van der Waals surface area contributed by atoms with Crippen molar-refractivity contribution >= 4 is 28.1 Å². The van der Waals surface area contributed by atoms with Gasteiger partial charge in [0, 0.05) is 21.9 Å². The number of aromatic amines is 1. The highest BCUT2D eigenvalue weighted by Crippen LogP contribution is 2.16. The number of rotatable bonds is 1. The van der Waals surface area contributed by atoms with Crippen LogP contribution in [0.5, 0.6) is 0 Å². The zero-order valence-electron chi connectivity index (χ0n) is 8.91. The van der Waals surface area contributed by atoms with Crippen LogP contribution in [-0.2, 0) is 0 Å². The lowest BCUT2D eigenvalue weighted by Crippen LogP contribution is -1.97. The molecule has 2 rings (SSSR count). The van der Waals surface area contributed by atoms with Crippen LogP contribution in [0.4, 0.5) is 0 Å². The molecule has 0 saturated carbocycles. The van der Waals surface area contributed by atoms with Crippen LogP contribution in [0.15, 0.2) is 22.8 Å².